The molecule has 0 N–H and O–H groups in total. The summed E-state index contributed by atoms with van der Waals surface area (Å²) in [6.07, 6.45) is 5.81. The van der Waals surface area contributed by atoms with E-state index in [0.717, 1.165) is 17.1 Å². The van der Waals surface area contributed by atoms with Crippen molar-refractivity contribution in [1.82, 2.24) is 0 Å². The summed E-state index contributed by atoms with van der Waals surface area (Å²) in [6.45, 7) is 2.45. The summed E-state index contributed by atoms with van der Waals surface area (Å²) in [6, 6.07) is 9.10. The molecule has 0 saturated heterocycles. The van der Waals surface area contributed by atoms with Crippen molar-refractivity contribution >= 4 is 11.8 Å². The number of fused-ring (bicyclic) bond motifs is 2. The summed E-state index contributed by atoms with van der Waals surface area (Å²) < 4.78 is 0. The lowest BCUT2D eigenvalue weighted by Gasteiger charge is -2.33. The lowest BCUT2D eigenvalue weighted by molar-refractivity contribution is 0.328. The Morgan fingerprint density at radius 1 is 1.12 bits per heavy atom. The predicted octanol–water partition coefficient (Wildman–Crippen LogP) is 4.60. The molecular weight excluding hydrogens is 212 g/mol. The second-order valence-corrected chi connectivity index (χ2v) is 6.51. The van der Waals surface area contributed by atoms with E-state index < -0.39 is 0 Å². The van der Waals surface area contributed by atoms with Crippen LogP contribution < -0.4 is 0 Å². The summed E-state index contributed by atoms with van der Waals surface area (Å²) in [5, 5.41) is 0.927. The Kier molecular flexibility index (Phi) is 2.97. The second-order valence-electron chi connectivity index (χ2n) is 5.29. The van der Waals surface area contributed by atoms with Gasteiger partial charge in [-0.05, 0) is 35.8 Å². The lowest BCUT2D eigenvalue weighted by atomic mass is 9.76. The Labute approximate surface area is 103 Å². The molecule has 1 fully saturated rings. The molecule has 0 bridgehead atoms. The van der Waals surface area contributed by atoms with Crippen LogP contribution in [-0.2, 0) is 5.75 Å². The van der Waals surface area contributed by atoms with Crippen LogP contribution in [0.3, 0.4) is 0 Å². The minimum Gasteiger partial charge on any atom is -0.153 e. The molecule has 3 rings (SSSR count). The number of hydrogen-bond donors (Lipinski definition) is 0. The molecule has 0 amide bonds. The smallest absolute Gasteiger partial charge is 0.0190 e. The van der Waals surface area contributed by atoms with Crippen LogP contribution in [0, 0.1) is 5.92 Å². The van der Waals surface area contributed by atoms with Gasteiger partial charge in [-0.2, -0.15) is 11.8 Å². The van der Waals surface area contributed by atoms with E-state index in [9.17, 15) is 0 Å². The fourth-order valence-electron chi connectivity index (χ4n) is 3.44. The Balaban J connectivity index is 1.96. The highest BCUT2D eigenvalue weighted by atomic mass is 32.2. The van der Waals surface area contributed by atoms with Crippen LogP contribution in [0.25, 0.3) is 0 Å². The van der Waals surface area contributed by atoms with Gasteiger partial charge >= 0.3 is 0 Å². The predicted molar refractivity (Wildman–Crippen MR) is 71.9 cm³/mol. The Morgan fingerprint density at radius 2 is 1.94 bits per heavy atom. The van der Waals surface area contributed by atoms with Gasteiger partial charge < -0.3 is 0 Å². The van der Waals surface area contributed by atoms with Crippen LogP contribution in [0.2, 0.25) is 0 Å². The minimum atomic E-state index is 0.775. The zero-order chi connectivity index (χ0) is 11.0. The number of rotatable bonds is 0. The third-order valence-electron chi connectivity index (χ3n) is 4.39. The largest absolute Gasteiger partial charge is 0.153 e. The zero-order valence-electron chi connectivity index (χ0n) is 9.99. The van der Waals surface area contributed by atoms with E-state index in [2.05, 4.69) is 43.0 Å². The molecule has 1 aromatic carbocycles. The summed E-state index contributed by atoms with van der Waals surface area (Å²) in [5.74, 6) is 2.95. The van der Waals surface area contributed by atoms with Crippen molar-refractivity contribution in [2.75, 3.05) is 0 Å². The molecule has 0 nitrogen and oxygen atoms in total. The van der Waals surface area contributed by atoms with E-state index in [-0.39, 0.29) is 0 Å². The Hall–Kier alpha value is -0.430. The minimum absolute atomic E-state index is 0.775. The summed E-state index contributed by atoms with van der Waals surface area (Å²) in [5.41, 5.74) is 3.22. The van der Waals surface area contributed by atoms with Gasteiger partial charge in [0.1, 0.15) is 0 Å². The van der Waals surface area contributed by atoms with E-state index in [4.69, 9.17) is 0 Å². The summed E-state index contributed by atoms with van der Waals surface area (Å²) in [7, 11) is 0. The molecule has 3 unspecified atom stereocenters. The average molecular weight is 232 g/mol. The van der Waals surface area contributed by atoms with Gasteiger partial charge in [0.15, 0.2) is 0 Å². The zero-order valence-corrected chi connectivity index (χ0v) is 10.8. The van der Waals surface area contributed by atoms with Crippen LogP contribution in [0.4, 0.5) is 0 Å². The van der Waals surface area contributed by atoms with Crippen molar-refractivity contribution < 1.29 is 0 Å². The van der Waals surface area contributed by atoms with Gasteiger partial charge in [0.25, 0.3) is 0 Å². The first-order valence-electron chi connectivity index (χ1n) is 6.55. The molecule has 1 saturated carbocycles. The molecule has 16 heavy (non-hydrogen) atoms. The van der Waals surface area contributed by atoms with Crippen molar-refractivity contribution in [1.29, 1.82) is 0 Å². The van der Waals surface area contributed by atoms with Gasteiger partial charge in [-0.15, -0.1) is 0 Å². The highest BCUT2D eigenvalue weighted by Crippen LogP contribution is 2.46. The number of thioether (sulfide) groups is 1. The molecule has 1 heterocycles. The highest BCUT2D eigenvalue weighted by molar-refractivity contribution is 7.99. The number of hydrogen-bond acceptors (Lipinski definition) is 1. The molecule has 1 aliphatic heterocycles. The Morgan fingerprint density at radius 3 is 2.88 bits per heavy atom. The van der Waals surface area contributed by atoms with Gasteiger partial charge in [-0.3, -0.25) is 0 Å². The lowest BCUT2D eigenvalue weighted by Crippen LogP contribution is -2.25. The topological polar surface area (TPSA) is 0 Å². The van der Waals surface area contributed by atoms with Crippen molar-refractivity contribution in [3.8, 4) is 0 Å². The summed E-state index contributed by atoms with van der Waals surface area (Å²) >= 11 is 2.21. The van der Waals surface area contributed by atoms with E-state index in [1.165, 1.54) is 31.4 Å². The highest BCUT2D eigenvalue weighted by Gasteiger charge is 2.33. The van der Waals surface area contributed by atoms with Gasteiger partial charge in [0.05, 0.1) is 0 Å². The quantitative estimate of drug-likeness (QED) is 0.630. The monoisotopic (exact) mass is 232 g/mol. The third kappa shape index (κ3) is 1.79. The Bertz CT molecular complexity index is 371. The van der Waals surface area contributed by atoms with Gasteiger partial charge in [0, 0.05) is 11.0 Å². The average Bonchev–Trinajstić information content (AvgIpc) is 2.49. The van der Waals surface area contributed by atoms with Crippen molar-refractivity contribution in [3.05, 3.63) is 35.4 Å². The SMILES string of the molecule is CC1c2ccccc2CSC2CCCCC21. The van der Waals surface area contributed by atoms with E-state index in [1.54, 1.807) is 11.1 Å². The maximum absolute atomic E-state index is 2.45. The molecule has 3 atom stereocenters. The normalized spacial score (nSPS) is 33.7. The fourth-order valence-corrected chi connectivity index (χ4v) is 5.05. The number of benzene rings is 1. The van der Waals surface area contributed by atoms with Crippen LogP contribution in [0.1, 0.15) is 49.7 Å². The van der Waals surface area contributed by atoms with Crippen LogP contribution in [0.15, 0.2) is 24.3 Å². The standard InChI is InChI=1S/C15H20S/c1-11-13-7-3-2-6-12(13)10-16-15-9-5-4-8-14(11)15/h2-3,6-7,11,14-15H,4-5,8-10H2,1H3. The maximum Gasteiger partial charge on any atom is 0.0190 e. The summed E-state index contributed by atoms with van der Waals surface area (Å²) in [4.78, 5) is 0. The molecular formula is C15H20S. The third-order valence-corrected chi connectivity index (χ3v) is 5.89. The van der Waals surface area contributed by atoms with Crippen molar-refractivity contribution in [2.45, 2.75) is 49.5 Å². The van der Waals surface area contributed by atoms with E-state index in [0.29, 0.717) is 0 Å². The van der Waals surface area contributed by atoms with Crippen molar-refractivity contribution in [3.63, 3.8) is 0 Å². The van der Waals surface area contributed by atoms with Crippen LogP contribution in [-0.4, -0.2) is 5.25 Å². The maximum atomic E-state index is 2.45. The van der Waals surface area contributed by atoms with E-state index >= 15 is 0 Å². The molecule has 2 aliphatic rings. The van der Waals surface area contributed by atoms with Gasteiger partial charge in [0.2, 0.25) is 0 Å². The van der Waals surface area contributed by atoms with Gasteiger partial charge in [-0.25, -0.2) is 0 Å². The van der Waals surface area contributed by atoms with Crippen molar-refractivity contribution in [2.24, 2.45) is 5.92 Å². The first kappa shape index (κ1) is 10.7. The first-order valence-corrected chi connectivity index (χ1v) is 7.60. The van der Waals surface area contributed by atoms with Crippen LogP contribution >= 0.6 is 11.8 Å². The van der Waals surface area contributed by atoms with Gasteiger partial charge in [-0.1, -0.05) is 44.0 Å². The second kappa shape index (κ2) is 4.44. The molecule has 0 spiro atoms. The first-order chi connectivity index (χ1) is 7.86. The molecule has 86 valence electrons. The molecule has 0 radical (unpaired) electrons. The van der Waals surface area contributed by atoms with E-state index in [1.807, 2.05) is 0 Å². The molecule has 1 heteroatoms. The fraction of sp³-hybridized carbons (Fsp3) is 0.600. The molecule has 0 aromatic heterocycles. The van der Waals surface area contributed by atoms with Crippen LogP contribution in [0.5, 0.6) is 0 Å². The molecule has 1 aliphatic carbocycles. The molecule has 1 aromatic rings.